The fourth-order valence-electron chi connectivity index (χ4n) is 2.61. The standard InChI is InChI=1S/C19H19Cl2N3O2/c20-17-6-5-16(18(21)11-17)12-22-23-19(25)15-3-1-14(2-4-15)13-24-7-9-26-10-8-24/h1-6,11-12H,7-10,13H2,(H,23,25). The Hall–Kier alpha value is -1.92. The van der Waals surface area contributed by atoms with E-state index in [-0.39, 0.29) is 5.91 Å². The van der Waals surface area contributed by atoms with Crippen molar-refractivity contribution in [3.05, 3.63) is 69.2 Å². The number of ether oxygens (including phenoxy) is 1. The van der Waals surface area contributed by atoms with Crippen LogP contribution >= 0.6 is 23.2 Å². The third kappa shape index (κ3) is 5.29. The van der Waals surface area contributed by atoms with Crippen molar-refractivity contribution in [3.8, 4) is 0 Å². The quantitative estimate of drug-likeness (QED) is 0.625. The lowest BCUT2D eigenvalue weighted by Crippen LogP contribution is -2.35. The summed E-state index contributed by atoms with van der Waals surface area (Å²) in [5.41, 5.74) is 4.90. The number of amides is 1. The first kappa shape index (κ1) is 18.9. The number of nitrogens with zero attached hydrogens (tertiary/aromatic N) is 2. The topological polar surface area (TPSA) is 53.9 Å². The number of hydrazone groups is 1. The lowest BCUT2D eigenvalue weighted by Gasteiger charge is -2.26. The van der Waals surface area contributed by atoms with Gasteiger partial charge in [0.05, 0.1) is 24.5 Å². The first-order valence-corrected chi connectivity index (χ1v) is 9.05. The molecule has 0 aliphatic carbocycles. The zero-order valence-corrected chi connectivity index (χ0v) is 15.6. The van der Waals surface area contributed by atoms with E-state index in [2.05, 4.69) is 15.4 Å². The minimum atomic E-state index is -0.274. The molecule has 2 aromatic carbocycles. The van der Waals surface area contributed by atoms with Gasteiger partial charge in [-0.25, -0.2) is 5.43 Å². The molecule has 1 amide bonds. The van der Waals surface area contributed by atoms with Crippen molar-refractivity contribution in [2.45, 2.75) is 6.54 Å². The van der Waals surface area contributed by atoms with Crippen LogP contribution < -0.4 is 5.43 Å². The molecule has 1 aliphatic rings. The number of carbonyl (C=O) groups excluding carboxylic acids is 1. The predicted molar refractivity (Wildman–Crippen MR) is 104 cm³/mol. The highest BCUT2D eigenvalue weighted by molar-refractivity contribution is 6.36. The summed E-state index contributed by atoms with van der Waals surface area (Å²) in [6.45, 7) is 4.28. The summed E-state index contributed by atoms with van der Waals surface area (Å²) in [6.07, 6.45) is 1.49. The molecule has 3 rings (SSSR count). The Morgan fingerprint density at radius 1 is 1.15 bits per heavy atom. The second-order valence-corrected chi connectivity index (χ2v) is 6.79. The van der Waals surface area contributed by atoms with E-state index in [1.807, 2.05) is 12.1 Å². The van der Waals surface area contributed by atoms with Crippen molar-refractivity contribution < 1.29 is 9.53 Å². The van der Waals surface area contributed by atoms with Crippen molar-refractivity contribution in [2.24, 2.45) is 5.10 Å². The highest BCUT2D eigenvalue weighted by Crippen LogP contribution is 2.19. The summed E-state index contributed by atoms with van der Waals surface area (Å²) >= 11 is 11.9. The number of benzene rings is 2. The Labute approximate surface area is 162 Å². The molecular weight excluding hydrogens is 373 g/mol. The molecule has 1 N–H and O–H groups in total. The van der Waals surface area contributed by atoms with Crippen molar-refractivity contribution in [1.29, 1.82) is 0 Å². The monoisotopic (exact) mass is 391 g/mol. The largest absolute Gasteiger partial charge is 0.379 e. The molecule has 0 radical (unpaired) electrons. The van der Waals surface area contributed by atoms with E-state index in [0.717, 1.165) is 32.8 Å². The molecule has 0 unspecified atom stereocenters. The van der Waals surface area contributed by atoms with Gasteiger partial charge in [0, 0.05) is 35.8 Å². The van der Waals surface area contributed by atoms with Gasteiger partial charge >= 0.3 is 0 Å². The summed E-state index contributed by atoms with van der Waals surface area (Å²) in [6, 6.07) is 12.6. The van der Waals surface area contributed by atoms with Crippen molar-refractivity contribution in [3.63, 3.8) is 0 Å². The molecule has 1 fully saturated rings. The summed E-state index contributed by atoms with van der Waals surface area (Å²) in [7, 11) is 0. The molecule has 0 bridgehead atoms. The number of hydrogen-bond acceptors (Lipinski definition) is 4. The molecule has 136 valence electrons. The van der Waals surface area contributed by atoms with Crippen molar-refractivity contribution in [1.82, 2.24) is 10.3 Å². The van der Waals surface area contributed by atoms with Gasteiger partial charge in [0.1, 0.15) is 0 Å². The summed E-state index contributed by atoms with van der Waals surface area (Å²) in [4.78, 5) is 14.5. The third-order valence-corrected chi connectivity index (χ3v) is 4.62. The van der Waals surface area contributed by atoms with E-state index in [9.17, 15) is 4.79 Å². The van der Waals surface area contributed by atoms with E-state index in [1.54, 1.807) is 30.3 Å². The minimum Gasteiger partial charge on any atom is -0.379 e. The van der Waals surface area contributed by atoms with E-state index < -0.39 is 0 Å². The maximum absolute atomic E-state index is 12.2. The van der Waals surface area contributed by atoms with Crippen LogP contribution in [0, 0.1) is 0 Å². The Bertz CT molecular complexity index is 788. The molecular formula is C19H19Cl2N3O2. The van der Waals surface area contributed by atoms with Crippen molar-refractivity contribution in [2.75, 3.05) is 26.3 Å². The van der Waals surface area contributed by atoms with Crippen LogP contribution in [0.25, 0.3) is 0 Å². The van der Waals surface area contributed by atoms with E-state index in [0.29, 0.717) is 21.2 Å². The Balaban J connectivity index is 1.55. The molecule has 26 heavy (non-hydrogen) atoms. The van der Waals surface area contributed by atoms with E-state index >= 15 is 0 Å². The van der Waals surface area contributed by atoms with Crippen LogP contribution in [-0.2, 0) is 11.3 Å². The molecule has 5 nitrogen and oxygen atoms in total. The fraction of sp³-hybridized carbons (Fsp3) is 0.263. The van der Waals surface area contributed by atoms with Gasteiger partial charge in [-0.05, 0) is 29.8 Å². The number of nitrogens with one attached hydrogen (secondary N) is 1. The average molecular weight is 392 g/mol. The molecule has 0 saturated carbocycles. The Kier molecular flexibility index (Phi) is 6.63. The second kappa shape index (κ2) is 9.14. The fourth-order valence-corrected chi connectivity index (χ4v) is 3.07. The smallest absolute Gasteiger partial charge is 0.271 e. The van der Waals surface area contributed by atoms with Gasteiger partial charge in [-0.3, -0.25) is 9.69 Å². The number of hydrogen-bond donors (Lipinski definition) is 1. The van der Waals surface area contributed by atoms with Crippen LogP contribution in [-0.4, -0.2) is 43.3 Å². The average Bonchev–Trinajstić information content (AvgIpc) is 2.65. The van der Waals surface area contributed by atoms with Gasteiger partial charge in [-0.15, -0.1) is 0 Å². The lowest BCUT2D eigenvalue weighted by molar-refractivity contribution is 0.0342. The highest BCUT2D eigenvalue weighted by Gasteiger charge is 2.11. The molecule has 7 heteroatoms. The van der Waals surface area contributed by atoms with E-state index in [1.165, 1.54) is 11.8 Å². The van der Waals surface area contributed by atoms with Gasteiger partial charge in [-0.1, -0.05) is 41.4 Å². The molecule has 1 aliphatic heterocycles. The van der Waals surface area contributed by atoms with Crippen LogP contribution in [0.1, 0.15) is 21.5 Å². The Morgan fingerprint density at radius 3 is 2.58 bits per heavy atom. The predicted octanol–water partition coefficient (Wildman–Crippen LogP) is 3.59. The number of rotatable bonds is 5. The molecule has 1 heterocycles. The van der Waals surface area contributed by atoms with Crippen LogP contribution in [0.15, 0.2) is 47.6 Å². The van der Waals surface area contributed by atoms with Gasteiger partial charge in [0.15, 0.2) is 0 Å². The van der Waals surface area contributed by atoms with Crippen LogP contribution in [0.4, 0.5) is 0 Å². The minimum absolute atomic E-state index is 0.274. The maximum Gasteiger partial charge on any atom is 0.271 e. The zero-order chi connectivity index (χ0) is 18.4. The summed E-state index contributed by atoms with van der Waals surface area (Å²) in [5.74, 6) is -0.274. The lowest BCUT2D eigenvalue weighted by atomic mass is 10.1. The highest BCUT2D eigenvalue weighted by atomic mass is 35.5. The second-order valence-electron chi connectivity index (χ2n) is 5.95. The van der Waals surface area contributed by atoms with Crippen molar-refractivity contribution >= 4 is 35.3 Å². The maximum atomic E-state index is 12.2. The normalized spacial score (nSPS) is 15.3. The molecule has 2 aromatic rings. The number of carbonyl (C=O) groups is 1. The van der Waals surface area contributed by atoms with Gasteiger partial charge in [0.25, 0.3) is 5.91 Å². The number of halogens is 2. The zero-order valence-electron chi connectivity index (χ0n) is 14.1. The first-order chi connectivity index (χ1) is 12.6. The van der Waals surface area contributed by atoms with Gasteiger partial charge < -0.3 is 4.74 Å². The summed E-state index contributed by atoms with van der Waals surface area (Å²) < 4.78 is 5.35. The van der Waals surface area contributed by atoms with Crippen LogP contribution in [0.5, 0.6) is 0 Å². The third-order valence-electron chi connectivity index (χ3n) is 4.06. The van der Waals surface area contributed by atoms with Gasteiger partial charge in [-0.2, -0.15) is 5.10 Å². The SMILES string of the molecule is O=C(NN=Cc1ccc(Cl)cc1Cl)c1ccc(CN2CCOCC2)cc1. The van der Waals surface area contributed by atoms with Gasteiger partial charge in [0.2, 0.25) is 0 Å². The molecule has 0 atom stereocenters. The first-order valence-electron chi connectivity index (χ1n) is 8.29. The van der Waals surface area contributed by atoms with Crippen LogP contribution in [0.2, 0.25) is 10.0 Å². The molecule has 0 aromatic heterocycles. The van der Waals surface area contributed by atoms with E-state index in [4.69, 9.17) is 27.9 Å². The number of morpholine rings is 1. The Morgan fingerprint density at radius 2 is 1.88 bits per heavy atom. The summed E-state index contributed by atoms with van der Waals surface area (Å²) in [5, 5.41) is 4.97. The van der Waals surface area contributed by atoms with Crippen LogP contribution in [0.3, 0.4) is 0 Å². The molecule has 0 spiro atoms. The molecule has 1 saturated heterocycles.